The first-order valence-corrected chi connectivity index (χ1v) is 9.22. The highest BCUT2D eigenvalue weighted by atomic mass is 16.5. The number of amides is 3. The van der Waals surface area contributed by atoms with Gasteiger partial charge in [-0.15, -0.1) is 0 Å². The van der Waals surface area contributed by atoms with E-state index in [9.17, 15) is 19.5 Å². The minimum Gasteiger partial charge on any atom is -0.480 e. The number of carboxylic acids is 1. The van der Waals surface area contributed by atoms with Crippen molar-refractivity contribution in [3.63, 3.8) is 0 Å². The molecule has 0 spiro atoms. The van der Waals surface area contributed by atoms with E-state index in [4.69, 9.17) is 26.2 Å². The van der Waals surface area contributed by atoms with Gasteiger partial charge >= 0.3 is 12.0 Å². The molecule has 0 radical (unpaired) electrons. The lowest BCUT2D eigenvalue weighted by molar-refractivity contribution is -0.141. The Hall–Kier alpha value is -2.77. The van der Waals surface area contributed by atoms with Crippen LogP contribution in [0.4, 0.5) is 4.79 Å². The average Bonchev–Trinajstić information content (AvgIpc) is 3.32. The van der Waals surface area contributed by atoms with Crippen LogP contribution in [-0.2, 0) is 9.59 Å². The summed E-state index contributed by atoms with van der Waals surface area (Å²) >= 11 is 0. The fourth-order valence-corrected chi connectivity index (χ4v) is 3.04. The second kappa shape index (κ2) is 10.1. The fraction of sp³-hybridized carbons (Fsp3) is 0.688. The number of carbonyl (C=O) groups is 3. The van der Waals surface area contributed by atoms with Crippen molar-refractivity contribution in [3.05, 3.63) is 11.7 Å². The van der Waals surface area contributed by atoms with E-state index in [2.05, 4.69) is 15.5 Å². The van der Waals surface area contributed by atoms with Gasteiger partial charge in [0.05, 0.1) is 6.04 Å². The molecule has 29 heavy (non-hydrogen) atoms. The van der Waals surface area contributed by atoms with Crippen LogP contribution in [0, 0.1) is 0 Å². The number of aliphatic carboxylic acids is 1. The van der Waals surface area contributed by atoms with Crippen LogP contribution in [0.5, 0.6) is 0 Å². The molecule has 3 amide bonds. The highest BCUT2D eigenvalue weighted by Crippen LogP contribution is 2.23. The van der Waals surface area contributed by atoms with Gasteiger partial charge in [0.15, 0.2) is 12.1 Å². The molecule has 13 heteroatoms. The summed E-state index contributed by atoms with van der Waals surface area (Å²) in [5.74, 6) is -1.53. The summed E-state index contributed by atoms with van der Waals surface area (Å²) in [6.45, 7) is 0.283. The Bertz CT molecular complexity index is 724. The number of nitrogens with one attached hydrogen (secondary N) is 1. The molecule has 0 aromatic carbocycles. The van der Waals surface area contributed by atoms with E-state index in [1.54, 1.807) is 0 Å². The van der Waals surface area contributed by atoms with Crippen LogP contribution in [0.2, 0.25) is 0 Å². The Morgan fingerprint density at radius 1 is 1.28 bits per heavy atom. The molecule has 0 aliphatic carbocycles. The maximum absolute atomic E-state index is 12.6. The molecule has 3 atom stereocenters. The third-order valence-electron chi connectivity index (χ3n) is 4.60. The fourth-order valence-electron chi connectivity index (χ4n) is 3.04. The minimum atomic E-state index is -1.62. The Morgan fingerprint density at radius 3 is 2.62 bits per heavy atom. The molecule has 8 N–H and O–H groups in total. The molecule has 0 saturated carbocycles. The number of carboxylic acid groups (broad SMARTS) is 1. The second-order valence-corrected chi connectivity index (χ2v) is 6.85. The third kappa shape index (κ3) is 6.37. The zero-order valence-electron chi connectivity index (χ0n) is 15.7. The molecule has 13 nitrogen and oxygen atoms in total. The topological polar surface area (TPSA) is 218 Å². The van der Waals surface area contributed by atoms with E-state index in [1.807, 2.05) is 0 Å². The van der Waals surface area contributed by atoms with Crippen molar-refractivity contribution in [1.82, 2.24) is 20.4 Å². The number of carbonyl (C=O) groups excluding carboxylic acids is 2. The largest absolute Gasteiger partial charge is 0.480 e. The van der Waals surface area contributed by atoms with Crippen LogP contribution in [0.1, 0.15) is 62.3 Å². The Balaban J connectivity index is 2.10. The van der Waals surface area contributed by atoms with Crippen molar-refractivity contribution in [1.29, 1.82) is 0 Å². The van der Waals surface area contributed by atoms with E-state index < -0.39 is 42.3 Å². The van der Waals surface area contributed by atoms with Crippen molar-refractivity contribution in [2.24, 2.45) is 11.5 Å². The number of aromatic nitrogens is 2. The van der Waals surface area contributed by atoms with Gasteiger partial charge < -0.3 is 41.5 Å². The molecule has 1 unspecified atom stereocenters. The molecular weight excluding hydrogens is 388 g/mol. The summed E-state index contributed by atoms with van der Waals surface area (Å²) < 4.78 is 5.15. The van der Waals surface area contributed by atoms with Crippen molar-refractivity contribution in [2.75, 3.05) is 6.54 Å². The molecule has 2 rings (SSSR count). The van der Waals surface area contributed by atoms with Gasteiger partial charge in [-0.05, 0) is 25.7 Å². The first-order chi connectivity index (χ1) is 13.7. The normalized spacial score (nSPS) is 18.6. The van der Waals surface area contributed by atoms with Crippen LogP contribution in [-0.4, -0.2) is 67.1 Å². The molecule has 1 fully saturated rings. The first-order valence-electron chi connectivity index (χ1n) is 9.22. The Kier molecular flexibility index (Phi) is 7.87. The number of hydrogen-bond donors (Lipinski definition) is 6. The molecule has 1 aromatic heterocycles. The number of nitrogens with zero attached hydrogens (tertiary/aromatic N) is 3. The Morgan fingerprint density at radius 2 is 2.00 bits per heavy atom. The van der Waals surface area contributed by atoms with Gasteiger partial charge in [0, 0.05) is 19.4 Å². The van der Waals surface area contributed by atoms with Gasteiger partial charge in [-0.25, -0.2) is 9.59 Å². The maximum Gasteiger partial charge on any atom is 0.326 e. The number of primary amides is 1. The number of nitrogens with two attached hydrogens (primary N) is 2. The van der Waals surface area contributed by atoms with Crippen molar-refractivity contribution < 1.29 is 34.2 Å². The van der Waals surface area contributed by atoms with Gasteiger partial charge in [0.2, 0.25) is 11.8 Å². The molecule has 1 aromatic rings. The average molecular weight is 414 g/mol. The van der Waals surface area contributed by atoms with Crippen LogP contribution in [0.3, 0.4) is 0 Å². The van der Waals surface area contributed by atoms with Crippen LogP contribution < -0.4 is 16.8 Å². The molecule has 1 saturated heterocycles. The van der Waals surface area contributed by atoms with Gasteiger partial charge in [-0.1, -0.05) is 5.16 Å². The van der Waals surface area contributed by atoms with Crippen LogP contribution in [0.15, 0.2) is 4.52 Å². The van der Waals surface area contributed by atoms with Gasteiger partial charge in [0.1, 0.15) is 12.1 Å². The first kappa shape index (κ1) is 22.5. The van der Waals surface area contributed by atoms with Gasteiger partial charge in [-0.3, -0.25) is 4.79 Å². The molecular formula is C16H26N6O7. The van der Waals surface area contributed by atoms with E-state index in [1.165, 1.54) is 4.90 Å². The van der Waals surface area contributed by atoms with Gasteiger partial charge in [-0.2, -0.15) is 4.98 Å². The van der Waals surface area contributed by atoms with Crippen molar-refractivity contribution >= 4 is 17.9 Å². The van der Waals surface area contributed by atoms with E-state index in [0.717, 1.165) is 0 Å². The lowest BCUT2D eigenvalue weighted by Gasteiger charge is -2.24. The molecule has 1 aliphatic rings. The number of likely N-dealkylation sites (tertiary alicyclic amines) is 1. The number of hydrogen-bond acceptors (Lipinski definition) is 9. The summed E-state index contributed by atoms with van der Waals surface area (Å²) in [5, 5.41) is 33.9. The number of aliphatic hydroxyl groups excluding tert-OH is 1. The standard InChI is InChI=1S/C16H26N6O7/c17-8(3-5-11(18)23)13-20-14(29-21-13)9(4-6-12(24)25)19-16(28)22-7-1-2-10(22)15(26)27/h8-10,12,24-25H,1-7,17H2,(H2,18,23)(H,19,28)(H,26,27)/t8-,9-,10?/m0/s1. The predicted octanol–water partition coefficient (Wildman–Crippen LogP) is -1.27. The lowest BCUT2D eigenvalue weighted by Crippen LogP contribution is -2.47. The summed E-state index contributed by atoms with van der Waals surface area (Å²) in [4.78, 5) is 40.1. The van der Waals surface area contributed by atoms with E-state index in [0.29, 0.717) is 12.8 Å². The Labute approximate surface area is 166 Å². The molecule has 1 aliphatic heterocycles. The van der Waals surface area contributed by atoms with E-state index >= 15 is 0 Å². The smallest absolute Gasteiger partial charge is 0.326 e. The van der Waals surface area contributed by atoms with Gasteiger partial charge in [0.25, 0.3) is 0 Å². The summed E-state index contributed by atoms with van der Waals surface area (Å²) in [7, 11) is 0. The highest BCUT2D eigenvalue weighted by Gasteiger charge is 2.35. The molecule has 2 heterocycles. The van der Waals surface area contributed by atoms with Crippen molar-refractivity contribution in [3.8, 4) is 0 Å². The van der Waals surface area contributed by atoms with Crippen LogP contribution in [0.25, 0.3) is 0 Å². The molecule has 162 valence electrons. The summed E-state index contributed by atoms with van der Waals surface area (Å²) in [6, 6.07) is -3.16. The summed E-state index contributed by atoms with van der Waals surface area (Å²) in [6.07, 6.45) is -0.520. The number of urea groups is 1. The number of aliphatic hydroxyl groups is 2. The lowest BCUT2D eigenvalue weighted by atomic mass is 10.1. The third-order valence-corrected chi connectivity index (χ3v) is 4.60. The number of rotatable bonds is 10. The maximum atomic E-state index is 12.6. The second-order valence-electron chi connectivity index (χ2n) is 6.85. The zero-order chi connectivity index (χ0) is 21.6. The predicted molar refractivity (Wildman–Crippen MR) is 95.8 cm³/mol. The van der Waals surface area contributed by atoms with E-state index in [-0.39, 0.29) is 43.9 Å². The zero-order valence-corrected chi connectivity index (χ0v) is 15.7. The highest BCUT2D eigenvalue weighted by molar-refractivity contribution is 5.83. The monoisotopic (exact) mass is 414 g/mol. The summed E-state index contributed by atoms with van der Waals surface area (Å²) in [5.41, 5.74) is 11.0. The minimum absolute atomic E-state index is 0.0189. The SMILES string of the molecule is NC(=O)CC[C@H](N)c1noc([C@H](CCC(O)O)NC(=O)N2CCCC2C(=O)O)n1. The van der Waals surface area contributed by atoms with Crippen molar-refractivity contribution in [2.45, 2.75) is 62.9 Å². The van der Waals surface area contributed by atoms with Crippen LogP contribution >= 0.6 is 0 Å². The molecule has 0 bridgehead atoms. The quantitative estimate of drug-likeness (QED) is 0.249.